The number of carbonyl (C=O) groups excluding carboxylic acids is 1. The van der Waals surface area contributed by atoms with Gasteiger partial charge in [0.15, 0.2) is 0 Å². The van der Waals surface area contributed by atoms with E-state index in [9.17, 15) is 4.79 Å². The van der Waals surface area contributed by atoms with Crippen LogP contribution in [0.2, 0.25) is 10.0 Å². The van der Waals surface area contributed by atoms with Crippen molar-refractivity contribution < 1.29 is 9.53 Å². The van der Waals surface area contributed by atoms with Gasteiger partial charge in [-0.3, -0.25) is 9.69 Å². The molecule has 146 valence electrons. The minimum absolute atomic E-state index is 0.0672. The van der Waals surface area contributed by atoms with Gasteiger partial charge in [0.1, 0.15) is 16.7 Å². The fourth-order valence-electron chi connectivity index (χ4n) is 2.51. The molecule has 0 radical (unpaired) electrons. The lowest BCUT2D eigenvalue weighted by Gasteiger charge is -2.13. The number of nitrogens with zero attached hydrogens (tertiary/aromatic N) is 1. The van der Waals surface area contributed by atoms with Crippen LogP contribution >= 0.6 is 79.0 Å². The van der Waals surface area contributed by atoms with E-state index >= 15 is 0 Å². The van der Waals surface area contributed by atoms with E-state index in [2.05, 4.69) is 31.9 Å². The fraction of sp³-hybridized carbons (Fsp3) is 0.158. The minimum atomic E-state index is -0.0672. The van der Waals surface area contributed by atoms with Gasteiger partial charge in [0.2, 0.25) is 0 Å². The number of benzene rings is 2. The Morgan fingerprint density at radius 1 is 1.21 bits per heavy atom. The van der Waals surface area contributed by atoms with Crippen molar-refractivity contribution in [3.05, 3.63) is 65.4 Å². The summed E-state index contributed by atoms with van der Waals surface area (Å²) in [7, 11) is 0. The van der Waals surface area contributed by atoms with Crippen LogP contribution < -0.4 is 4.74 Å². The topological polar surface area (TPSA) is 29.5 Å². The number of thioether (sulfide) groups is 1. The Morgan fingerprint density at radius 2 is 1.89 bits per heavy atom. The normalized spacial score (nSPS) is 15.6. The van der Waals surface area contributed by atoms with Crippen LogP contribution in [-0.2, 0) is 11.4 Å². The van der Waals surface area contributed by atoms with Crippen molar-refractivity contribution in [2.75, 3.05) is 6.54 Å². The molecule has 0 aromatic heterocycles. The molecule has 9 heteroatoms. The summed E-state index contributed by atoms with van der Waals surface area (Å²) < 4.78 is 8.02. The second kappa shape index (κ2) is 9.49. The molecule has 0 spiro atoms. The minimum Gasteiger partial charge on any atom is -0.486 e. The molecule has 0 bridgehead atoms. The zero-order valence-electron chi connectivity index (χ0n) is 14.5. The van der Waals surface area contributed by atoms with Gasteiger partial charge in [-0.1, -0.05) is 53.2 Å². The van der Waals surface area contributed by atoms with Gasteiger partial charge >= 0.3 is 0 Å². The van der Waals surface area contributed by atoms with Crippen molar-refractivity contribution in [1.82, 2.24) is 4.90 Å². The standard InChI is InChI=1S/C19H13Br2Cl2NO2S2/c1-2-24-18(25)16(28-19(24)27)7-10-5-13(20)17(14(21)6-10)26-9-11-3-4-12(22)8-15(11)23/h3-8H,2,9H2,1H3/b16-7-. The van der Waals surface area contributed by atoms with Gasteiger partial charge in [0.25, 0.3) is 5.91 Å². The Labute approximate surface area is 199 Å². The summed E-state index contributed by atoms with van der Waals surface area (Å²) in [5, 5.41) is 1.13. The van der Waals surface area contributed by atoms with Gasteiger partial charge in [0, 0.05) is 22.2 Å². The summed E-state index contributed by atoms with van der Waals surface area (Å²) in [6.07, 6.45) is 1.82. The van der Waals surface area contributed by atoms with Crippen molar-refractivity contribution >= 4 is 95.3 Å². The van der Waals surface area contributed by atoms with Crippen LogP contribution in [0, 0.1) is 0 Å². The summed E-state index contributed by atoms with van der Waals surface area (Å²) in [6.45, 7) is 2.76. The molecule has 0 atom stereocenters. The lowest BCUT2D eigenvalue weighted by atomic mass is 10.2. The SMILES string of the molecule is CCN1C(=O)/C(=C/c2cc(Br)c(OCc3ccc(Cl)cc3Cl)c(Br)c2)SC1=S. The number of thiocarbonyl (C=S) groups is 1. The number of hydrogen-bond acceptors (Lipinski definition) is 4. The lowest BCUT2D eigenvalue weighted by molar-refractivity contribution is -0.121. The molecule has 0 unspecified atom stereocenters. The first-order valence-electron chi connectivity index (χ1n) is 8.11. The molecule has 2 aromatic rings. The summed E-state index contributed by atoms with van der Waals surface area (Å²) in [6, 6.07) is 9.06. The maximum Gasteiger partial charge on any atom is 0.266 e. The molecule has 3 rings (SSSR count). The van der Waals surface area contributed by atoms with E-state index in [1.165, 1.54) is 11.8 Å². The zero-order valence-corrected chi connectivity index (χ0v) is 20.8. The number of likely N-dealkylation sites (N-methyl/N-ethyl adjacent to an activating group) is 1. The third-order valence-corrected chi connectivity index (χ3v) is 7.04. The fourth-order valence-corrected chi connectivity index (χ4v) is 5.81. The van der Waals surface area contributed by atoms with Gasteiger partial charge in [0.05, 0.1) is 13.9 Å². The first kappa shape index (κ1) is 22.1. The summed E-state index contributed by atoms with van der Waals surface area (Å²) in [4.78, 5) is 14.6. The van der Waals surface area contributed by atoms with Gasteiger partial charge < -0.3 is 4.74 Å². The molecule has 1 amide bonds. The summed E-state index contributed by atoms with van der Waals surface area (Å²) in [5.74, 6) is 0.576. The van der Waals surface area contributed by atoms with Gasteiger partial charge in [-0.25, -0.2) is 0 Å². The Morgan fingerprint density at radius 3 is 2.46 bits per heavy atom. The highest BCUT2D eigenvalue weighted by Gasteiger charge is 2.30. The van der Waals surface area contributed by atoms with E-state index < -0.39 is 0 Å². The highest BCUT2D eigenvalue weighted by molar-refractivity contribution is 9.11. The van der Waals surface area contributed by atoms with E-state index in [1.807, 2.05) is 31.2 Å². The highest BCUT2D eigenvalue weighted by atomic mass is 79.9. The molecule has 1 fully saturated rings. The van der Waals surface area contributed by atoms with Crippen molar-refractivity contribution in [3.8, 4) is 5.75 Å². The van der Waals surface area contributed by atoms with Crippen LogP contribution in [0.5, 0.6) is 5.75 Å². The second-order valence-corrected chi connectivity index (χ2v) is 9.99. The largest absolute Gasteiger partial charge is 0.486 e. The highest BCUT2D eigenvalue weighted by Crippen LogP contribution is 2.38. The number of carbonyl (C=O) groups is 1. The second-order valence-electron chi connectivity index (χ2n) is 5.76. The molecule has 0 aliphatic carbocycles. The Hall–Kier alpha value is -0.570. The van der Waals surface area contributed by atoms with Crippen molar-refractivity contribution in [2.45, 2.75) is 13.5 Å². The van der Waals surface area contributed by atoms with E-state index in [1.54, 1.807) is 17.0 Å². The Bertz CT molecular complexity index is 975. The number of ether oxygens (including phenoxy) is 1. The Balaban J connectivity index is 1.80. The molecule has 3 nitrogen and oxygen atoms in total. The number of rotatable bonds is 5. The third-order valence-electron chi connectivity index (χ3n) is 3.90. The molecule has 2 aromatic carbocycles. The smallest absolute Gasteiger partial charge is 0.266 e. The number of hydrogen-bond donors (Lipinski definition) is 0. The van der Waals surface area contributed by atoms with Crippen LogP contribution in [0.4, 0.5) is 0 Å². The van der Waals surface area contributed by atoms with Crippen LogP contribution in [0.3, 0.4) is 0 Å². The van der Waals surface area contributed by atoms with E-state index in [4.69, 9.17) is 40.2 Å². The molecular weight excluding hydrogens is 569 g/mol. The average Bonchev–Trinajstić information content (AvgIpc) is 2.88. The average molecular weight is 582 g/mol. The van der Waals surface area contributed by atoms with E-state index in [0.29, 0.717) is 38.2 Å². The van der Waals surface area contributed by atoms with Crippen LogP contribution in [0.15, 0.2) is 44.2 Å². The first-order valence-corrected chi connectivity index (χ1v) is 11.7. The number of amides is 1. The van der Waals surface area contributed by atoms with Gasteiger partial charge in [-0.05, 0) is 74.7 Å². The Kier molecular flexibility index (Phi) is 7.50. The number of halogens is 4. The van der Waals surface area contributed by atoms with Crippen LogP contribution in [0.1, 0.15) is 18.1 Å². The zero-order chi connectivity index (χ0) is 20.4. The molecule has 0 saturated carbocycles. The molecular formula is C19H13Br2Cl2NO2S2. The molecule has 1 heterocycles. The molecule has 28 heavy (non-hydrogen) atoms. The predicted octanol–water partition coefficient (Wildman–Crippen LogP) is 7.32. The molecule has 1 aliphatic rings. The van der Waals surface area contributed by atoms with Gasteiger partial charge in [-0.15, -0.1) is 0 Å². The van der Waals surface area contributed by atoms with Crippen molar-refractivity contribution in [2.24, 2.45) is 0 Å². The van der Waals surface area contributed by atoms with Crippen molar-refractivity contribution in [3.63, 3.8) is 0 Å². The van der Waals surface area contributed by atoms with Crippen LogP contribution in [0.25, 0.3) is 6.08 Å². The molecule has 0 N–H and O–H groups in total. The predicted molar refractivity (Wildman–Crippen MR) is 128 cm³/mol. The maximum atomic E-state index is 12.4. The quantitative estimate of drug-likeness (QED) is 0.273. The molecule has 1 saturated heterocycles. The van der Waals surface area contributed by atoms with E-state index in [0.717, 1.165) is 20.1 Å². The van der Waals surface area contributed by atoms with E-state index in [-0.39, 0.29) is 5.91 Å². The monoisotopic (exact) mass is 579 g/mol. The lowest BCUT2D eigenvalue weighted by Crippen LogP contribution is -2.27. The summed E-state index contributed by atoms with van der Waals surface area (Å²) in [5.41, 5.74) is 1.68. The van der Waals surface area contributed by atoms with Crippen molar-refractivity contribution in [1.29, 1.82) is 0 Å². The summed E-state index contributed by atoms with van der Waals surface area (Å²) >= 11 is 25.8. The first-order chi connectivity index (χ1) is 13.3. The van der Waals surface area contributed by atoms with Crippen LogP contribution in [-0.4, -0.2) is 21.7 Å². The molecule has 1 aliphatic heterocycles. The maximum absolute atomic E-state index is 12.4. The van der Waals surface area contributed by atoms with Gasteiger partial charge in [-0.2, -0.15) is 0 Å². The third kappa shape index (κ3) is 4.94.